The van der Waals surface area contributed by atoms with Gasteiger partial charge in [-0.3, -0.25) is 0 Å². The van der Waals surface area contributed by atoms with Crippen LogP contribution in [0, 0.1) is 13.8 Å². The second-order valence-corrected chi connectivity index (χ2v) is 7.54. The average molecular weight is 387 g/mol. The molecular weight excluding hydrogens is 364 g/mol. The molecule has 2 heterocycles. The molecule has 136 valence electrons. The third-order valence-corrected chi connectivity index (χ3v) is 5.00. The molecular formula is C19H22N4OS2. The Hall–Kier alpha value is -2.25. The second-order valence-electron chi connectivity index (χ2n) is 6.21. The van der Waals surface area contributed by atoms with E-state index >= 15 is 0 Å². The first kappa shape index (κ1) is 18.5. The van der Waals surface area contributed by atoms with Gasteiger partial charge in [-0.05, 0) is 67.2 Å². The van der Waals surface area contributed by atoms with Crippen molar-refractivity contribution >= 4 is 34.4 Å². The van der Waals surface area contributed by atoms with E-state index in [1.54, 1.807) is 11.3 Å². The molecule has 26 heavy (non-hydrogen) atoms. The predicted octanol–water partition coefficient (Wildman–Crippen LogP) is 5.02. The fraction of sp³-hybridized carbons (Fsp3) is 0.316. The Bertz CT molecular complexity index is 853. The van der Waals surface area contributed by atoms with Gasteiger partial charge in [0.05, 0.1) is 11.4 Å². The molecule has 0 unspecified atom stereocenters. The van der Waals surface area contributed by atoms with E-state index in [1.165, 1.54) is 11.1 Å². The van der Waals surface area contributed by atoms with Crippen molar-refractivity contribution in [1.82, 2.24) is 15.1 Å². The summed E-state index contributed by atoms with van der Waals surface area (Å²) in [6, 6.07) is 10.3. The number of thiophene rings is 1. The molecule has 0 saturated heterocycles. The summed E-state index contributed by atoms with van der Waals surface area (Å²) >= 11 is 7.20. The van der Waals surface area contributed by atoms with Crippen molar-refractivity contribution in [2.45, 2.75) is 33.7 Å². The van der Waals surface area contributed by atoms with Gasteiger partial charge in [-0.1, -0.05) is 19.1 Å². The van der Waals surface area contributed by atoms with Crippen molar-refractivity contribution in [2.24, 2.45) is 0 Å². The molecule has 0 amide bonds. The SMILES string of the molecule is CCCN(Cc1nnc(-c2cccs2)o1)C(=S)Nc1cc(C)cc(C)c1. The fourth-order valence-corrected chi connectivity index (χ4v) is 3.67. The smallest absolute Gasteiger partial charge is 0.257 e. The molecule has 0 saturated carbocycles. The number of anilines is 1. The number of benzene rings is 1. The van der Waals surface area contributed by atoms with Crippen LogP contribution in [0.2, 0.25) is 0 Å². The highest BCUT2D eigenvalue weighted by Gasteiger charge is 2.15. The highest BCUT2D eigenvalue weighted by Crippen LogP contribution is 2.23. The summed E-state index contributed by atoms with van der Waals surface area (Å²) in [5, 5.41) is 14.3. The topological polar surface area (TPSA) is 54.2 Å². The van der Waals surface area contributed by atoms with Crippen LogP contribution in [0.1, 0.15) is 30.4 Å². The Morgan fingerprint density at radius 1 is 1.23 bits per heavy atom. The van der Waals surface area contributed by atoms with Gasteiger partial charge in [-0.2, -0.15) is 0 Å². The molecule has 1 N–H and O–H groups in total. The van der Waals surface area contributed by atoms with E-state index < -0.39 is 0 Å². The summed E-state index contributed by atoms with van der Waals surface area (Å²) in [5.74, 6) is 1.12. The average Bonchev–Trinajstić information content (AvgIpc) is 3.24. The Labute approximate surface area is 163 Å². The summed E-state index contributed by atoms with van der Waals surface area (Å²) in [6.07, 6.45) is 0.973. The standard InChI is InChI=1S/C19H22N4OS2/c1-4-7-23(19(25)20-15-10-13(2)9-14(3)11-15)12-17-21-22-18(24-17)16-6-5-8-26-16/h5-6,8-11H,4,7,12H2,1-3H3,(H,20,25). The van der Waals surface area contributed by atoms with Gasteiger partial charge in [0.15, 0.2) is 5.11 Å². The number of hydrogen-bond acceptors (Lipinski definition) is 5. The summed E-state index contributed by atoms with van der Waals surface area (Å²) in [6.45, 7) is 7.58. The summed E-state index contributed by atoms with van der Waals surface area (Å²) < 4.78 is 5.80. The van der Waals surface area contributed by atoms with E-state index in [4.69, 9.17) is 16.6 Å². The molecule has 0 aliphatic heterocycles. The van der Waals surface area contributed by atoms with Crippen LogP contribution in [-0.2, 0) is 6.54 Å². The first-order chi connectivity index (χ1) is 12.5. The zero-order chi connectivity index (χ0) is 18.5. The van der Waals surface area contributed by atoms with Gasteiger partial charge >= 0.3 is 0 Å². The van der Waals surface area contributed by atoms with Crippen LogP contribution >= 0.6 is 23.6 Å². The molecule has 0 fully saturated rings. The van der Waals surface area contributed by atoms with Crippen LogP contribution in [0.5, 0.6) is 0 Å². The fourth-order valence-electron chi connectivity index (χ4n) is 2.75. The molecule has 0 bridgehead atoms. The Morgan fingerprint density at radius 3 is 2.65 bits per heavy atom. The normalized spacial score (nSPS) is 10.7. The summed E-state index contributed by atoms with van der Waals surface area (Å²) in [5.41, 5.74) is 3.41. The van der Waals surface area contributed by atoms with Crippen molar-refractivity contribution in [3.05, 3.63) is 52.7 Å². The third kappa shape index (κ3) is 4.68. The molecule has 0 aliphatic rings. The van der Waals surface area contributed by atoms with Crippen LogP contribution in [0.4, 0.5) is 5.69 Å². The Morgan fingerprint density at radius 2 is 2.00 bits per heavy atom. The van der Waals surface area contributed by atoms with E-state index in [-0.39, 0.29) is 0 Å². The van der Waals surface area contributed by atoms with E-state index in [0.717, 1.165) is 23.5 Å². The van der Waals surface area contributed by atoms with Crippen molar-refractivity contribution in [3.63, 3.8) is 0 Å². The first-order valence-electron chi connectivity index (χ1n) is 8.55. The zero-order valence-electron chi connectivity index (χ0n) is 15.2. The minimum Gasteiger partial charge on any atom is -0.418 e. The lowest BCUT2D eigenvalue weighted by molar-refractivity contribution is 0.359. The van der Waals surface area contributed by atoms with Gasteiger partial charge in [0, 0.05) is 12.2 Å². The van der Waals surface area contributed by atoms with Crippen LogP contribution in [-0.4, -0.2) is 26.8 Å². The summed E-state index contributed by atoms with van der Waals surface area (Å²) in [7, 11) is 0. The molecule has 3 aromatic rings. The summed E-state index contributed by atoms with van der Waals surface area (Å²) in [4.78, 5) is 3.03. The monoisotopic (exact) mass is 386 g/mol. The van der Waals surface area contributed by atoms with Crippen molar-refractivity contribution in [2.75, 3.05) is 11.9 Å². The van der Waals surface area contributed by atoms with Gasteiger partial charge in [0.25, 0.3) is 5.89 Å². The zero-order valence-corrected chi connectivity index (χ0v) is 16.8. The molecule has 5 nitrogen and oxygen atoms in total. The van der Waals surface area contributed by atoms with E-state index in [2.05, 4.69) is 59.4 Å². The van der Waals surface area contributed by atoms with Gasteiger partial charge < -0.3 is 14.6 Å². The number of nitrogens with one attached hydrogen (secondary N) is 1. The number of nitrogens with zero attached hydrogens (tertiary/aromatic N) is 3. The lowest BCUT2D eigenvalue weighted by Crippen LogP contribution is -2.35. The van der Waals surface area contributed by atoms with Gasteiger partial charge in [-0.25, -0.2) is 0 Å². The molecule has 2 aromatic heterocycles. The second kappa shape index (κ2) is 8.42. The Kier molecular flexibility index (Phi) is 6.00. The van der Waals surface area contributed by atoms with Gasteiger partial charge in [-0.15, -0.1) is 21.5 Å². The maximum absolute atomic E-state index is 5.80. The maximum atomic E-state index is 5.80. The maximum Gasteiger partial charge on any atom is 0.257 e. The quantitative estimate of drug-likeness (QED) is 0.600. The molecule has 0 spiro atoms. The lowest BCUT2D eigenvalue weighted by atomic mass is 10.1. The van der Waals surface area contributed by atoms with Gasteiger partial charge in [0.2, 0.25) is 5.89 Å². The van der Waals surface area contributed by atoms with E-state index in [1.807, 2.05) is 17.5 Å². The van der Waals surface area contributed by atoms with Crippen molar-refractivity contribution in [1.29, 1.82) is 0 Å². The molecule has 1 aromatic carbocycles. The lowest BCUT2D eigenvalue weighted by Gasteiger charge is -2.24. The van der Waals surface area contributed by atoms with Gasteiger partial charge in [0.1, 0.15) is 0 Å². The molecule has 0 aliphatic carbocycles. The highest BCUT2D eigenvalue weighted by molar-refractivity contribution is 7.80. The molecule has 0 atom stereocenters. The largest absolute Gasteiger partial charge is 0.418 e. The molecule has 3 rings (SSSR count). The van der Waals surface area contributed by atoms with Crippen molar-refractivity contribution < 1.29 is 4.42 Å². The minimum atomic E-state index is 0.489. The number of rotatable bonds is 6. The molecule has 0 radical (unpaired) electrons. The van der Waals surface area contributed by atoms with Crippen LogP contribution in [0.3, 0.4) is 0 Å². The number of aryl methyl sites for hydroxylation is 2. The van der Waals surface area contributed by atoms with E-state index in [0.29, 0.717) is 23.4 Å². The van der Waals surface area contributed by atoms with E-state index in [9.17, 15) is 0 Å². The Balaban J connectivity index is 1.71. The van der Waals surface area contributed by atoms with Crippen LogP contribution < -0.4 is 5.32 Å². The minimum absolute atomic E-state index is 0.489. The predicted molar refractivity (Wildman–Crippen MR) is 110 cm³/mol. The number of hydrogen-bond donors (Lipinski definition) is 1. The number of aromatic nitrogens is 2. The van der Waals surface area contributed by atoms with Crippen LogP contribution in [0.25, 0.3) is 10.8 Å². The number of thiocarbonyl (C=S) groups is 1. The van der Waals surface area contributed by atoms with Crippen LogP contribution in [0.15, 0.2) is 40.1 Å². The third-order valence-electron chi connectivity index (χ3n) is 3.78. The highest BCUT2D eigenvalue weighted by atomic mass is 32.1. The van der Waals surface area contributed by atoms with Crippen molar-refractivity contribution in [3.8, 4) is 10.8 Å². The first-order valence-corrected chi connectivity index (χ1v) is 9.84. The molecule has 7 heteroatoms.